The number of nitriles is 1. The highest BCUT2D eigenvalue weighted by atomic mass is 35.5. The van der Waals surface area contributed by atoms with Crippen molar-refractivity contribution in [2.24, 2.45) is 0 Å². The monoisotopic (exact) mass is 693 g/mol. The Labute approximate surface area is 286 Å². The van der Waals surface area contributed by atoms with Crippen molar-refractivity contribution in [3.63, 3.8) is 0 Å². The number of hydrogen-bond acceptors (Lipinski definition) is 10. The highest BCUT2D eigenvalue weighted by Crippen LogP contribution is 2.26. The molecule has 0 bridgehead atoms. The topological polar surface area (TPSA) is 147 Å². The fourth-order valence-electron chi connectivity index (χ4n) is 4.95. The van der Waals surface area contributed by atoms with Gasteiger partial charge in [-0.2, -0.15) is 26.4 Å². The zero-order valence-electron chi connectivity index (χ0n) is 24.9. The maximum absolute atomic E-state index is 13.8. The van der Waals surface area contributed by atoms with E-state index in [1.807, 2.05) is 12.1 Å². The first-order chi connectivity index (χ1) is 23.2. The van der Waals surface area contributed by atoms with Crippen molar-refractivity contribution in [2.75, 3.05) is 5.32 Å². The van der Waals surface area contributed by atoms with Gasteiger partial charge in [-0.3, -0.25) is 23.7 Å². The van der Waals surface area contributed by atoms with Gasteiger partial charge in [0.05, 0.1) is 23.0 Å². The molecule has 238 valence electrons. The van der Waals surface area contributed by atoms with Crippen molar-refractivity contribution < 1.29 is 19.5 Å². The van der Waals surface area contributed by atoms with Crippen LogP contribution in [0.1, 0.15) is 53.3 Å². The summed E-state index contributed by atoms with van der Waals surface area (Å²) in [7, 11) is 0. The van der Waals surface area contributed by atoms with Crippen LogP contribution in [0.3, 0.4) is 0 Å². The first-order valence-electron chi connectivity index (χ1n) is 14.4. The third-order valence-electron chi connectivity index (χ3n) is 7.46. The minimum Gasteiger partial charge on any atom is -0.380 e. The number of carbonyl (C=O) groups is 3. The molecule has 0 aliphatic heterocycles. The Morgan fingerprint density at radius 3 is 2.38 bits per heavy atom. The van der Waals surface area contributed by atoms with Gasteiger partial charge in [-0.1, -0.05) is 54.1 Å². The Morgan fingerprint density at radius 1 is 0.958 bits per heavy atom. The summed E-state index contributed by atoms with van der Waals surface area (Å²) in [5, 5.41) is 31.3. The first kappa shape index (κ1) is 32.5. The number of hydrogen-bond donors (Lipinski definition) is 2. The Hall–Kier alpha value is -5.45. The van der Waals surface area contributed by atoms with E-state index in [0.717, 1.165) is 14.1 Å². The second kappa shape index (κ2) is 14.1. The van der Waals surface area contributed by atoms with Crippen LogP contribution in [0.2, 0.25) is 4.34 Å². The van der Waals surface area contributed by atoms with E-state index in [1.54, 1.807) is 53.2 Å². The molecule has 1 unspecified atom stereocenters. The van der Waals surface area contributed by atoms with Crippen molar-refractivity contribution in [2.45, 2.75) is 19.2 Å². The Kier molecular flexibility index (Phi) is 9.56. The molecule has 13 heteroatoms. The van der Waals surface area contributed by atoms with Crippen LogP contribution in [0, 0.1) is 11.3 Å². The molecule has 10 nitrogen and oxygen atoms in total. The minimum atomic E-state index is -1.36. The van der Waals surface area contributed by atoms with Gasteiger partial charge in [-0.05, 0) is 53.4 Å². The average Bonchev–Trinajstić information content (AvgIpc) is 3.89. The number of nitrogens with one attached hydrogen (secondary N) is 1. The average molecular weight is 694 g/mol. The van der Waals surface area contributed by atoms with Gasteiger partial charge in [-0.25, -0.2) is 0 Å². The summed E-state index contributed by atoms with van der Waals surface area (Å²) in [4.78, 5) is 54.2. The summed E-state index contributed by atoms with van der Waals surface area (Å²) < 4.78 is 2.80. The molecule has 0 fully saturated rings. The highest BCUT2D eigenvalue weighted by molar-refractivity contribution is 7.16. The number of nitrogens with zero attached hydrogens (tertiary/aromatic N) is 4. The molecule has 0 saturated carbocycles. The molecule has 2 aromatic carbocycles. The first-order valence-corrected chi connectivity index (χ1v) is 16.6. The van der Waals surface area contributed by atoms with Gasteiger partial charge in [0.2, 0.25) is 0 Å². The van der Waals surface area contributed by atoms with Crippen LogP contribution in [0.15, 0.2) is 107 Å². The van der Waals surface area contributed by atoms with Crippen LogP contribution in [-0.4, -0.2) is 36.9 Å². The number of thiophene rings is 2. The molecule has 0 spiro atoms. The van der Waals surface area contributed by atoms with Crippen molar-refractivity contribution in [3.8, 4) is 17.3 Å². The molecular formula is C35H24ClN5O5S2. The number of benzene rings is 2. The maximum Gasteiger partial charge on any atom is 0.280 e. The lowest BCUT2D eigenvalue weighted by Crippen LogP contribution is -2.27. The van der Waals surface area contributed by atoms with Crippen molar-refractivity contribution in [3.05, 3.63) is 149 Å². The summed E-state index contributed by atoms with van der Waals surface area (Å²) >= 11 is 8.80. The third-order valence-corrected chi connectivity index (χ3v) is 9.38. The molecule has 2 N–H and O–H groups in total. The van der Waals surface area contributed by atoms with E-state index in [4.69, 9.17) is 11.6 Å². The van der Waals surface area contributed by atoms with E-state index in [-0.39, 0.29) is 46.2 Å². The minimum absolute atomic E-state index is 0.00257. The molecular weight excluding hydrogens is 670 g/mol. The van der Waals surface area contributed by atoms with E-state index >= 15 is 0 Å². The molecule has 0 aliphatic rings. The fraction of sp³-hybridized carbons (Fsp3) is 0.0857. The van der Waals surface area contributed by atoms with Crippen molar-refractivity contribution in [1.82, 2.24) is 14.3 Å². The largest absolute Gasteiger partial charge is 0.380 e. The number of Topliss-reactive ketones (excluding diaryl/α,β-unsaturated/α-hetero) is 2. The molecule has 4 heterocycles. The fourth-order valence-corrected chi connectivity index (χ4v) is 6.64. The molecule has 0 amide bonds. The van der Waals surface area contributed by atoms with Gasteiger partial charge < -0.3 is 10.4 Å². The summed E-state index contributed by atoms with van der Waals surface area (Å²) in [5.74, 6) is -1.14. The Balaban J connectivity index is 1.33. The van der Waals surface area contributed by atoms with E-state index in [0.29, 0.717) is 22.0 Å². The second-order valence-electron chi connectivity index (χ2n) is 10.5. The Morgan fingerprint density at radius 2 is 1.71 bits per heavy atom. The number of anilines is 1. The Bertz CT molecular complexity index is 2230. The normalized spacial score (nSPS) is 11.5. The number of rotatable bonds is 11. The number of ketones is 2. The number of aliphatic hydroxyl groups is 1. The maximum atomic E-state index is 13.8. The highest BCUT2D eigenvalue weighted by Gasteiger charge is 2.23. The number of halogens is 1. The van der Waals surface area contributed by atoms with Gasteiger partial charge in [0.15, 0.2) is 11.6 Å². The predicted molar refractivity (Wildman–Crippen MR) is 184 cm³/mol. The molecule has 6 aromatic rings. The molecule has 0 aliphatic carbocycles. The predicted octanol–water partition coefficient (Wildman–Crippen LogP) is 6.46. The molecule has 1 atom stereocenters. The van der Waals surface area contributed by atoms with E-state index in [9.17, 15) is 29.5 Å². The zero-order chi connectivity index (χ0) is 33.8. The lowest BCUT2D eigenvalue weighted by atomic mass is 9.99. The van der Waals surface area contributed by atoms with Crippen LogP contribution >= 0.6 is 34.3 Å². The quantitative estimate of drug-likeness (QED) is 0.147. The van der Waals surface area contributed by atoms with E-state index in [2.05, 4.69) is 10.4 Å². The third kappa shape index (κ3) is 6.80. The smallest absolute Gasteiger partial charge is 0.280 e. The molecule has 0 saturated heterocycles. The molecule has 48 heavy (non-hydrogen) atoms. The van der Waals surface area contributed by atoms with Crippen LogP contribution in [0.25, 0.3) is 11.3 Å². The second-order valence-corrected chi connectivity index (χ2v) is 13.1. The number of aromatic nitrogens is 3. The van der Waals surface area contributed by atoms with E-state index < -0.39 is 23.4 Å². The summed E-state index contributed by atoms with van der Waals surface area (Å²) in [6.07, 6.45) is -1.36. The zero-order valence-corrected chi connectivity index (χ0v) is 27.3. The molecule has 4 aromatic heterocycles. The van der Waals surface area contributed by atoms with Gasteiger partial charge in [0, 0.05) is 33.0 Å². The SMILES string of the molecule is N#Cc1ccc(-c2cc(NCc3ccc(Cl)s3)n(C(=O)c3ccc(C(=O)C(O)c4ccccc4)cc3)n2)c(=O)n1CC(=O)c1ccsc1. The number of carbonyl (C=O) groups excluding carboxylic acids is 3. The van der Waals surface area contributed by atoms with Gasteiger partial charge in [-0.15, -0.1) is 11.3 Å². The van der Waals surface area contributed by atoms with Crippen LogP contribution < -0.4 is 10.9 Å². The van der Waals surface area contributed by atoms with Gasteiger partial charge >= 0.3 is 0 Å². The van der Waals surface area contributed by atoms with Crippen LogP contribution in [0.4, 0.5) is 5.82 Å². The molecule has 6 rings (SSSR count). The van der Waals surface area contributed by atoms with Crippen LogP contribution in [-0.2, 0) is 13.1 Å². The standard InChI is InChI=1S/C35H24ClN5O5S2/c36-30-13-11-26(48-30)18-38-31-16-28(27-12-10-25(17-37)40(35(27)46)19-29(42)24-14-15-47-20-24)39-41(31)34(45)23-8-6-22(7-9-23)33(44)32(43)21-4-2-1-3-5-21/h1-16,20,32,38,43H,18-19H2. The van der Waals surface area contributed by atoms with Gasteiger partial charge in [0.1, 0.15) is 29.4 Å². The summed E-state index contributed by atoms with van der Waals surface area (Å²) in [6.45, 7) is -0.0480. The van der Waals surface area contributed by atoms with Crippen molar-refractivity contribution >= 4 is 57.6 Å². The van der Waals surface area contributed by atoms with Crippen LogP contribution in [0.5, 0.6) is 0 Å². The summed E-state index contributed by atoms with van der Waals surface area (Å²) in [5.41, 5.74) is 0.888. The van der Waals surface area contributed by atoms with E-state index in [1.165, 1.54) is 65.1 Å². The molecule has 0 radical (unpaired) electrons. The lowest BCUT2D eigenvalue weighted by Gasteiger charge is -2.11. The van der Waals surface area contributed by atoms with Crippen molar-refractivity contribution in [1.29, 1.82) is 5.26 Å². The number of pyridine rings is 1. The van der Waals surface area contributed by atoms with Gasteiger partial charge in [0.25, 0.3) is 11.5 Å². The summed E-state index contributed by atoms with van der Waals surface area (Å²) in [6, 6.07) is 26.0. The lowest BCUT2D eigenvalue weighted by molar-refractivity contribution is 0.0747. The number of aliphatic hydroxyl groups excluding tert-OH is 1.